The van der Waals surface area contributed by atoms with E-state index >= 15 is 0 Å². The van der Waals surface area contributed by atoms with E-state index in [0.29, 0.717) is 13.1 Å². The first-order chi connectivity index (χ1) is 12.5. The molecule has 0 spiro atoms. The highest BCUT2D eigenvalue weighted by molar-refractivity contribution is 5.82. The van der Waals surface area contributed by atoms with Crippen LogP contribution >= 0.6 is 0 Å². The SMILES string of the molecule is CCNC(=NCC1(c2cccc(F)c2)CC1)N1CC(C)C(C(=O)OC)C1. The number of nitrogens with zero attached hydrogens (tertiary/aromatic N) is 2. The van der Waals surface area contributed by atoms with Crippen LogP contribution in [0.25, 0.3) is 0 Å². The van der Waals surface area contributed by atoms with Gasteiger partial charge >= 0.3 is 5.97 Å². The number of hydrogen-bond donors (Lipinski definition) is 1. The van der Waals surface area contributed by atoms with Crippen LogP contribution in [0.5, 0.6) is 0 Å². The van der Waals surface area contributed by atoms with Crippen molar-refractivity contribution in [2.45, 2.75) is 32.1 Å². The summed E-state index contributed by atoms with van der Waals surface area (Å²) in [5.41, 5.74) is 0.981. The number of benzene rings is 1. The molecule has 0 amide bonds. The van der Waals surface area contributed by atoms with Crippen molar-refractivity contribution in [1.29, 1.82) is 0 Å². The standard InChI is InChI=1S/C20H28FN3O2/c1-4-22-19(24-11-14(2)17(12-24)18(25)26-3)23-13-20(8-9-20)15-6-5-7-16(21)10-15/h5-7,10,14,17H,4,8-9,11-13H2,1-3H3,(H,22,23). The van der Waals surface area contributed by atoms with Gasteiger partial charge in [-0.05, 0) is 43.4 Å². The summed E-state index contributed by atoms with van der Waals surface area (Å²) < 4.78 is 18.5. The Labute approximate surface area is 154 Å². The molecule has 2 unspecified atom stereocenters. The fourth-order valence-electron chi connectivity index (χ4n) is 3.76. The first kappa shape index (κ1) is 18.7. The molecule has 1 saturated carbocycles. The first-order valence-corrected chi connectivity index (χ1v) is 9.36. The number of halogens is 1. The molecule has 2 aliphatic rings. The summed E-state index contributed by atoms with van der Waals surface area (Å²) in [4.78, 5) is 18.9. The lowest BCUT2D eigenvalue weighted by Crippen LogP contribution is -2.41. The Morgan fingerprint density at radius 3 is 2.81 bits per heavy atom. The van der Waals surface area contributed by atoms with Gasteiger partial charge in [0.25, 0.3) is 0 Å². The van der Waals surface area contributed by atoms with Crippen molar-refractivity contribution in [3.05, 3.63) is 35.6 Å². The first-order valence-electron chi connectivity index (χ1n) is 9.36. The molecule has 1 aliphatic heterocycles. The number of rotatable bonds is 5. The van der Waals surface area contributed by atoms with Crippen molar-refractivity contribution >= 4 is 11.9 Å². The highest BCUT2D eigenvalue weighted by atomic mass is 19.1. The number of esters is 1. The molecule has 142 valence electrons. The molecule has 0 bridgehead atoms. The fraction of sp³-hybridized carbons (Fsp3) is 0.600. The van der Waals surface area contributed by atoms with E-state index in [1.165, 1.54) is 13.2 Å². The van der Waals surface area contributed by atoms with E-state index in [-0.39, 0.29) is 29.0 Å². The molecule has 1 heterocycles. The summed E-state index contributed by atoms with van der Waals surface area (Å²) in [6.07, 6.45) is 2.06. The number of likely N-dealkylation sites (tertiary alicyclic amines) is 1. The predicted molar refractivity (Wildman–Crippen MR) is 99.5 cm³/mol. The average Bonchev–Trinajstić information content (AvgIpc) is 3.33. The van der Waals surface area contributed by atoms with Gasteiger partial charge in [-0.25, -0.2) is 4.39 Å². The van der Waals surface area contributed by atoms with Gasteiger partial charge in [0.05, 0.1) is 19.6 Å². The van der Waals surface area contributed by atoms with Crippen LogP contribution in [0, 0.1) is 17.7 Å². The topological polar surface area (TPSA) is 53.9 Å². The second kappa shape index (κ2) is 7.64. The Kier molecular flexibility index (Phi) is 5.49. The smallest absolute Gasteiger partial charge is 0.310 e. The van der Waals surface area contributed by atoms with Crippen LogP contribution in [0.1, 0.15) is 32.3 Å². The molecule has 6 heteroatoms. The third-order valence-corrected chi connectivity index (χ3v) is 5.57. The third-order valence-electron chi connectivity index (χ3n) is 5.57. The molecule has 1 aliphatic carbocycles. The van der Waals surface area contributed by atoms with Crippen LogP contribution in [-0.4, -0.2) is 50.1 Å². The zero-order valence-corrected chi connectivity index (χ0v) is 15.8. The van der Waals surface area contributed by atoms with Crippen molar-refractivity contribution in [2.75, 3.05) is 33.3 Å². The Hall–Kier alpha value is -2.11. The number of nitrogens with one attached hydrogen (secondary N) is 1. The van der Waals surface area contributed by atoms with E-state index in [1.54, 1.807) is 12.1 Å². The van der Waals surface area contributed by atoms with Crippen LogP contribution in [0.15, 0.2) is 29.3 Å². The van der Waals surface area contributed by atoms with Crippen LogP contribution in [0.3, 0.4) is 0 Å². The van der Waals surface area contributed by atoms with Crippen LogP contribution < -0.4 is 5.32 Å². The second-order valence-corrected chi connectivity index (χ2v) is 7.47. The van der Waals surface area contributed by atoms with Gasteiger partial charge < -0.3 is 15.0 Å². The van der Waals surface area contributed by atoms with Gasteiger partial charge in [-0.15, -0.1) is 0 Å². The van der Waals surface area contributed by atoms with Crippen molar-refractivity contribution < 1.29 is 13.9 Å². The van der Waals surface area contributed by atoms with E-state index in [4.69, 9.17) is 9.73 Å². The molecular formula is C20H28FN3O2. The van der Waals surface area contributed by atoms with E-state index < -0.39 is 0 Å². The summed E-state index contributed by atoms with van der Waals surface area (Å²) in [7, 11) is 1.44. The molecule has 1 aromatic carbocycles. The summed E-state index contributed by atoms with van der Waals surface area (Å²) in [6, 6.07) is 6.86. The molecule has 5 nitrogen and oxygen atoms in total. The van der Waals surface area contributed by atoms with Crippen molar-refractivity contribution in [3.8, 4) is 0 Å². The molecule has 26 heavy (non-hydrogen) atoms. The molecule has 2 fully saturated rings. The Balaban J connectivity index is 1.73. The Bertz CT molecular complexity index is 687. The van der Waals surface area contributed by atoms with E-state index in [9.17, 15) is 9.18 Å². The number of ether oxygens (including phenoxy) is 1. The average molecular weight is 361 g/mol. The lowest BCUT2D eigenvalue weighted by Gasteiger charge is -2.23. The van der Waals surface area contributed by atoms with Crippen LogP contribution in [0.2, 0.25) is 0 Å². The van der Waals surface area contributed by atoms with Crippen molar-refractivity contribution in [2.24, 2.45) is 16.8 Å². The zero-order chi connectivity index (χ0) is 18.7. The zero-order valence-electron chi connectivity index (χ0n) is 15.8. The molecular weight excluding hydrogens is 333 g/mol. The van der Waals surface area contributed by atoms with Gasteiger partial charge in [0.1, 0.15) is 5.82 Å². The van der Waals surface area contributed by atoms with Crippen LogP contribution in [-0.2, 0) is 14.9 Å². The number of hydrogen-bond acceptors (Lipinski definition) is 3. The fourth-order valence-corrected chi connectivity index (χ4v) is 3.76. The predicted octanol–water partition coefficient (Wildman–Crippen LogP) is 2.56. The number of carbonyl (C=O) groups is 1. The highest BCUT2D eigenvalue weighted by Gasteiger charge is 2.44. The lowest BCUT2D eigenvalue weighted by atomic mass is 9.96. The molecule has 0 radical (unpaired) electrons. The summed E-state index contributed by atoms with van der Waals surface area (Å²) >= 11 is 0. The minimum atomic E-state index is -0.195. The van der Waals surface area contributed by atoms with Gasteiger partial charge in [0.2, 0.25) is 0 Å². The summed E-state index contributed by atoms with van der Waals surface area (Å²) in [5.74, 6) is 0.577. The molecule has 1 saturated heterocycles. The number of carbonyl (C=O) groups excluding carboxylic acids is 1. The van der Waals surface area contributed by atoms with Gasteiger partial charge in [-0.1, -0.05) is 19.1 Å². The van der Waals surface area contributed by atoms with E-state index in [1.807, 2.05) is 13.0 Å². The Morgan fingerprint density at radius 1 is 1.42 bits per heavy atom. The van der Waals surface area contributed by atoms with E-state index in [0.717, 1.165) is 37.5 Å². The van der Waals surface area contributed by atoms with Crippen LogP contribution in [0.4, 0.5) is 4.39 Å². The van der Waals surface area contributed by atoms with Gasteiger partial charge in [-0.3, -0.25) is 9.79 Å². The summed E-state index contributed by atoms with van der Waals surface area (Å²) in [5, 5.41) is 3.34. The molecule has 1 aromatic rings. The summed E-state index contributed by atoms with van der Waals surface area (Å²) in [6.45, 7) is 6.89. The molecule has 3 rings (SSSR count). The van der Waals surface area contributed by atoms with Gasteiger partial charge in [0, 0.05) is 25.0 Å². The Morgan fingerprint density at radius 2 is 2.19 bits per heavy atom. The quantitative estimate of drug-likeness (QED) is 0.498. The molecule has 0 aromatic heterocycles. The normalized spacial score (nSPS) is 24.5. The maximum Gasteiger partial charge on any atom is 0.310 e. The van der Waals surface area contributed by atoms with Gasteiger partial charge in [-0.2, -0.15) is 0 Å². The second-order valence-electron chi connectivity index (χ2n) is 7.47. The largest absolute Gasteiger partial charge is 0.469 e. The number of aliphatic imine (C=N–C) groups is 1. The van der Waals surface area contributed by atoms with Crippen molar-refractivity contribution in [3.63, 3.8) is 0 Å². The monoisotopic (exact) mass is 361 g/mol. The maximum absolute atomic E-state index is 13.6. The number of guanidine groups is 1. The highest BCUT2D eigenvalue weighted by Crippen LogP contribution is 2.48. The molecule has 2 atom stereocenters. The molecule has 1 N–H and O–H groups in total. The van der Waals surface area contributed by atoms with E-state index in [2.05, 4.69) is 17.1 Å². The minimum absolute atomic E-state index is 0.0458. The minimum Gasteiger partial charge on any atom is -0.469 e. The third kappa shape index (κ3) is 3.84. The van der Waals surface area contributed by atoms with Crippen molar-refractivity contribution in [1.82, 2.24) is 10.2 Å². The van der Waals surface area contributed by atoms with Gasteiger partial charge in [0.15, 0.2) is 5.96 Å². The number of methoxy groups -OCH3 is 1. The maximum atomic E-state index is 13.6. The lowest BCUT2D eigenvalue weighted by molar-refractivity contribution is -0.145.